The third-order valence-electron chi connectivity index (χ3n) is 2.08. The Labute approximate surface area is 91.6 Å². The van der Waals surface area contributed by atoms with Crippen LogP contribution in [0.1, 0.15) is 27.7 Å². The Hall–Kier alpha value is -1.06. The van der Waals surface area contributed by atoms with E-state index in [-0.39, 0.29) is 5.91 Å². The zero-order valence-corrected chi connectivity index (χ0v) is 10.5. The molecule has 0 radical (unpaired) electrons. The van der Waals surface area contributed by atoms with Gasteiger partial charge in [-0.15, -0.1) is 0 Å². The quantitative estimate of drug-likeness (QED) is 0.526. The summed E-state index contributed by atoms with van der Waals surface area (Å²) in [6, 6.07) is 0. The number of nitrogens with zero attached hydrogens (tertiary/aromatic N) is 1. The van der Waals surface area contributed by atoms with Crippen molar-refractivity contribution in [3.8, 4) is 0 Å². The van der Waals surface area contributed by atoms with E-state index in [1.807, 2.05) is 20.8 Å². The van der Waals surface area contributed by atoms with Crippen molar-refractivity contribution in [2.24, 2.45) is 11.3 Å². The van der Waals surface area contributed by atoms with Gasteiger partial charge in [0.05, 0.1) is 6.61 Å². The predicted octanol–water partition coefficient (Wildman–Crippen LogP) is 1.30. The standard InChI is InChI=1S/C11H21NO3/c1-7-15-10(14)8(11(2,3)4)9(13)12(5)6/h8H,7H2,1-6H3. The molecule has 1 amide bonds. The minimum absolute atomic E-state index is 0.207. The second-order valence-electron chi connectivity index (χ2n) is 4.78. The number of rotatable bonds is 3. The molecule has 15 heavy (non-hydrogen) atoms. The monoisotopic (exact) mass is 215 g/mol. The van der Waals surface area contributed by atoms with Crippen molar-refractivity contribution in [1.82, 2.24) is 4.90 Å². The molecule has 4 heteroatoms. The first-order chi connectivity index (χ1) is 6.71. The Morgan fingerprint density at radius 1 is 1.27 bits per heavy atom. The molecule has 4 nitrogen and oxygen atoms in total. The van der Waals surface area contributed by atoms with Crippen molar-refractivity contribution in [1.29, 1.82) is 0 Å². The lowest BCUT2D eigenvalue weighted by Crippen LogP contribution is -2.43. The van der Waals surface area contributed by atoms with E-state index >= 15 is 0 Å². The largest absolute Gasteiger partial charge is 0.465 e. The van der Waals surface area contributed by atoms with Gasteiger partial charge in [0, 0.05) is 14.1 Å². The molecule has 0 aliphatic heterocycles. The Morgan fingerprint density at radius 3 is 2.00 bits per heavy atom. The van der Waals surface area contributed by atoms with E-state index in [1.165, 1.54) is 4.90 Å². The molecule has 0 saturated carbocycles. The number of carbonyl (C=O) groups is 2. The van der Waals surface area contributed by atoms with Gasteiger partial charge in [0.15, 0.2) is 0 Å². The zero-order valence-electron chi connectivity index (χ0n) is 10.5. The van der Waals surface area contributed by atoms with E-state index in [0.29, 0.717) is 6.61 Å². The first-order valence-electron chi connectivity index (χ1n) is 5.09. The van der Waals surface area contributed by atoms with Gasteiger partial charge < -0.3 is 9.64 Å². The summed E-state index contributed by atoms with van der Waals surface area (Å²) in [6.45, 7) is 7.60. The number of carbonyl (C=O) groups excluding carboxylic acids is 2. The fraction of sp³-hybridized carbons (Fsp3) is 0.818. The second-order valence-corrected chi connectivity index (χ2v) is 4.78. The van der Waals surface area contributed by atoms with Gasteiger partial charge in [-0.2, -0.15) is 0 Å². The average molecular weight is 215 g/mol. The first-order valence-corrected chi connectivity index (χ1v) is 5.09. The van der Waals surface area contributed by atoms with Crippen LogP contribution in [-0.2, 0) is 14.3 Å². The molecule has 0 bridgehead atoms. The summed E-state index contributed by atoms with van der Waals surface area (Å²) in [7, 11) is 3.28. The average Bonchev–Trinajstić information content (AvgIpc) is 2.01. The van der Waals surface area contributed by atoms with Crippen LogP contribution >= 0.6 is 0 Å². The number of hydrogen-bond acceptors (Lipinski definition) is 3. The first kappa shape index (κ1) is 13.9. The van der Waals surface area contributed by atoms with E-state index in [0.717, 1.165) is 0 Å². The van der Waals surface area contributed by atoms with Gasteiger partial charge in [-0.05, 0) is 12.3 Å². The minimum atomic E-state index is -0.729. The molecule has 0 N–H and O–H groups in total. The predicted molar refractivity (Wildman–Crippen MR) is 58.3 cm³/mol. The van der Waals surface area contributed by atoms with E-state index in [9.17, 15) is 9.59 Å². The van der Waals surface area contributed by atoms with Crippen LogP contribution in [0.15, 0.2) is 0 Å². The highest BCUT2D eigenvalue weighted by atomic mass is 16.5. The fourth-order valence-electron chi connectivity index (χ4n) is 1.31. The van der Waals surface area contributed by atoms with Gasteiger partial charge >= 0.3 is 5.97 Å². The van der Waals surface area contributed by atoms with Crippen LogP contribution in [0, 0.1) is 11.3 Å². The highest BCUT2D eigenvalue weighted by molar-refractivity contribution is 5.98. The molecule has 0 fully saturated rings. The molecular formula is C11H21NO3. The van der Waals surface area contributed by atoms with Gasteiger partial charge in [0.2, 0.25) is 5.91 Å². The zero-order chi connectivity index (χ0) is 12.2. The maximum atomic E-state index is 11.8. The molecule has 0 spiro atoms. The topological polar surface area (TPSA) is 46.6 Å². The summed E-state index contributed by atoms with van der Waals surface area (Å²) in [5.41, 5.74) is -0.423. The number of amides is 1. The van der Waals surface area contributed by atoms with E-state index in [4.69, 9.17) is 4.74 Å². The van der Waals surface area contributed by atoms with E-state index in [2.05, 4.69) is 0 Å². The Balaban J connectivity index is 4.91. The summed E-state index contributed by atoms with van der Waals surface area (Å²) in [6.07, 6.45) is 0. The molecule has 0 aromatic heterocycles. The van der Waals surface area contributed by atoms with Crippen LogP contribution in [0.3, 0.4) is 0 Å². The lowest BCUT2D eigenvalue weighted by atomic mass is 9.80. The molecule has 1 atom stereocenters. The van der Waals surface area contributed by atoms with E-state index in [1.54, 1.807) is 21.0 Å². The molecule has 0 rings (SSSR count). The molecule has 1 unspecified atom stereocenters. The maximum Gasteiger partial charge on any atom is 0.319 e. The number of ether oxygens (including phenoxy) is 1. The van der Waals surface area contributed by atoms with Crippen LogP contribution < -0.4 is 0 Å². The van der Waals surface area contributed by atoms with Gasteiger partial charge in [-0.25, -0.2) is 0 Å². The van der Waals surface area contributed by atoms with Gasteiger partial charge in [-0.1, -0.05) is 20.8 Å². The van der Waals surface area contributed by atoms with Crippen LogP contribution in [0.5, 0.6) is 0 Å². The van der Waals surface area contributed by atoms with Crippen LogP contribution in [-0.4, -0.2) is 37.5 Å². The highest BCUT2D eigenvalue weighted by Gasteiger charge is 2.39. The molecule has 0 aliphatic carbocycles. The molecule has 0 heterocycles. The number of esters is 1. The smallest absolute Gasteiger partial charge is 0.319 e. The molecular weight excluding hydrogens is 194 g/mol. The highest BCUT2D eigenvalue weighted by Crippen LogP contribution is 2.28. The van der Waals surface area contributed by atoms with Crippen molar-refractivity contribution in [3.63, 3.8) is 0 Å². The van der Waals surface area contributed by atoms with Crippen molar-refractivity contribution in [2.45, 2.75) is 27.7 Å². The second kappa shape index (κ2) is 5.14. The van der Waals surface area contributed by atoms with Gasteiger partial charge in [-0.3, -0.25) is 9.59 Å². The normalized spacial score (nSPS) is 13.2. The molecule has 88 valence electrons. The molecule has 0 saturated heterocycles. The third kappa shape index (κ3) is 3.90. The van der Waals surface area contributed by atoms with Crippen LogP contribution in [0.2, 0.25) is 0 Å². The molecule has 0 aromatic carbocycles. The van der Waals surface area contributed by atoms with Crippen LogP contribution in [0.4, 0.5) is 0 Å². The summed E-state index contributed by atoms with van der Waals surface area (Å²) in [5.74, 6) is -1.38. The Bertz CT molecular complexity index is 241. The van der Waals surface area contributed by atoms with Crippen molar-refractivity contribution in [3.05, 3.63) is 0 Å². The third-order valence-corrected chi connectivity index (χ3v) is 2.08. The SMILES string of the molecule is CCOC(=O)C(C(=O)N(C)C)C(C)(C)C. The minimum Gasteiger partial charge on any atom is -0.465 e. The van der Waals surface area contributed by atoms with Crippen molar-refractivity contribution >= 4 is 11.9 Å². The molecule has 0 aliphatic rings. The maximum absolute atomic E-state index is 11.8. The molecule has 0 aromatic rings. The van der Waals surface area contributed by atoms with Gasteiger partial charge in [0.25, 0.3) is 0 Å². The van der Waals surface area contributed by atoms with Crippen LogP contribution in [0.25, 0.3) is 0 Å². The fourth-order valence-corrected chi connectivity index (χ4v) is 1.31. The Kier molecular flexibility index (Phi) is 4.78. The summed E-state index contributed by atoms with van der Waals surface area (Å²) >= 11 is 0. The lowest BCUT2D eigenvalue weighted by Gasteiger charge is -2.29. The van der Waals surface area contributed by atoms with Crippen molar-refractivity contribution < 1.29 is 14.3 Å². The van der Waals surface area contributed by atoms with E-state index < -0.39 is 17.3 Å². The lowest BCUT2D eigenvalue weighted by molar-refractivity contribution is -0.159. The Morgan fingerprint density at radius 2 is 1.73 bits per heavy atom. The van der Waals surface area contributed by atoms with Gasteiger partial charge in [0.1, 0.15) is 5.92 Å². The van der Waals surface area contributed by atoms with Crippen molar-refractivity contribution in [2.75, 3.05) is 20.7 Å². The summed E-state index contributed by atoms with van der Waals surface area (Å²) < 4.78 is 4.92. The summed E-state index contributed by atoms with van der Waals surface area (Å²) in [4.78, 5) is 24.9. The number of hydrogen-bond donors (Lipinski definition) is 0. The summed E-state index contributed by atoms with van der Waals surface area (Å²) in [5, 5.41) is 0.